The molecule has 68 valence electrons. The smallest absolute Gasteiger partial charge is 0.326 e. The summed E-state index contributed by atoms with van der Waals surface area (Å²) < 4.78 is 60.3. The van der Waals surface area contributed by atoms with Crippen molar-refractivity contribution in [2.75, 3.05) is 0 Å². The van der Waals surface area contributed by atoms with E-state index in [9.17, 15) is 21.4 Å². The zero-order valence-corrected chi connectivity index (χ0v) is 7.29. The van der Waals surface area contributed by atoms with Crippen LogP contribution in [-0.4, -0.2) is 26.3 Å². The summed E-state index contributed by atoms with van der Waals surface area (Å²) in [5.41, 5.74) is 0. The summed E-state index contributed by atoms with van der Waals surface area (Å²) in [6, 6.07) is 0. The van der Waals surface area contributed by atoms with Gasteiger partial charge in [-0.15, -0.1) is 0 Å². The molecule has 8 nitrogen and oxygen atoms in total. The number of hydrogen-bond acceptors (Lipinski definition) is 6. The van der Waals surface area contributed by atoms with Gasteiger partial charge in [-0.2, -0.15) is 20.8 Å². The standard InChI is InChI=1S/H3O8PS2/c1-9(2)8-11(6,7)10(3,4)5/h9H,(H,1,2)(H,3,4,5). The van der Waals surface area contributed by atoms with E-state index >= 15 is 0 Å². The Balaban J connectivity index is 4.96. The lowest BCUT2D eigenvalue weighted by molar-refractivity contribution is 0.404. The van der Waals surface area contributed by atoms with Crippen molar-refractivity contribution in [3.05, 3.63) is 0 Å². The Hall–Kier alpha value is 0.01000. The van der Waals surface area contributed by atoms with Crippen molar-refractivity contribution in [2.45, 2.75) is 0 Å². The minimum absolute atomic E-state index is 3.04. The summed E-state index contributed by atoms with van der Waals surface area (Å²) in [5.74, 6) is 0. The molecule has 0 aliphatic carbocycles. The first-order valence-corrected chi connectivity index (χ1v) is 6.44. The van der Waals surface area contributed by atoms with Gasteiger partial charge in [0.2, 0.25) is 0 Å². The topological polar surface area (TPSA) is 135 Å². The van der Waals surface area contributed by atoms with Gasteiger partial charge in [-0.3, -0.25) is 9.12 Å². The average molecular weight is 226 g/mol. The molecule has 0 bridgehead atoms. The first-order chi connectivity index (χ1) is 4.67. The molecule has 0 heterocycles. The summed E-state index contributed by atoms with van der Waals surface area (Å²) in [7, 11) is -14.8. The van der Waals surface area contributed by atoms with E-state index in [4.69, 9.17) is 9.45 Å². The molecular formula is H3O8PS2. The molecule has 0 fully saturated rings. The third-order valence-electron chi connectivity index (χ3n) is 0.431. The third-order valence-corrected chi connectivity index (χ3v) is 4.49. The fourth-order valence-corrected chi connectivity index (χ4v) is 2.47. The molecule has 1 atom stereocenters. The Labute approximate surface area is 62.0 Å². The quantitative estimate of drug-likeness (QED) is 0.337. The van der Waals surface area contributed by atoms with E-state index in [-0.39, 0.29) is 0 Å². The van der Waals surface area contributed by atoms with Crippen molar-refractivity contribution in [3.63, 3.8) is 0 Å². The first kappa shape index (κ1) is 11.0. The molecule has 0 aromatic heterocycles. The van der Waals surface area contributed by atoms with E-state index in [0.29, 0.717) is 0 Å². The Morgan fingerprint density at radius 3 is 1.64 bits per heavy atom. The van der Waals surface area contributed by atoms with Crippen LogP contribution < -0.4 is 0 Å². The van der Waals surface area contributed by atoms with Crippen LogP contribution in [0.1, 0.15) is 0 Å². The lowest BCUT2D eigenvalue weighted by Crippen LogP contribution is -2.14. The molecule has 0 aromatic rings. The molecule has 0 radical (unpaired) electrons. The first-order valence-electron chi connectivity index (χ1n) is 1.81. The Kier molecular flexibility index (Phi) is 3.17. The summed E-state index contributed by atoms with van der Waals surface area (Å²) >= 11 is 0. The van der Waals surface area contributed by atoms with Gasteiger partial charge in [0.25, 0.3) is 0 Å². The summed E-state index contributed by atoms with van der Waals surface area (Å²) in [5, 5.41) is 0. The highest BCUT2D eigenvalue weighted by molar-refractivity contribution is 8.63. The molecule has 11 heavy (non-hydrogen) atoms. The van der Waals surface area contributed by atoms with Crippen molar-refractivity contribution in [3.8, 4) is 0 Å². The second kappa shape index (κ2) is 3.17. The summed E-state index contributed by atoms with van der Waals surface area (Å²) in [6.45, 7) is 0. The van der Waals surface area contributed by atoms with Gasteiger partial charge in [-0.1, -0.05) is 0 Å². The second-order valence-electron chi connectivity index (χ2n) is 1.19. The van der Waals surface area contributed by atoms with Crippen molar-refractivity contribution in [1.29, 1.82) is 0 Å². The highest BCUT2D eigenvalue weighted by atomic mass is 33.2. The van der Waals surface area contributed by atoms with E-state index in [1.165, 1.54) is 0 Å². The maximum absolute atomic E-state index is 10.1. The van der Waals surface area contributed by atoms with E-state index in [0.717, 1.165) is 0 Å². The van der Waals surface area contributed by atoms with Gasteiger partial charge in [0, 0.05) is 0 Å². The van der Waals surface area contributed by atoms with Crippen molar-refractivity contribution in [1.82, 2.24) is 0 Å². The SMILES string of the molecule is O=[PH](O)OS(=O)(=O)S(=O)(=O)O. The van der Waals surface area contributed by atoms with Gasteiger partial charge in [0.05, 0.1) is 0 Å². The Morgan fingerprint density at radius 2 is 1.55 bits per heavy atom. The van der Waals surface area contributed by atoms with Crippen molar-refractivity contribution in [2.24, 2.45) is 0 Å². The van der Waals surface area contributed by atoms with Gasteiger partial charge in [0.15, 0.2) is 0 Å². The van der Waals surface area contributed by atoms with Crippen LogP contribution in [0, 0.1) is 0 Å². The fraction of sp³-hybridized carbons (Fsp3) is 0. The van der Waals surface area contributed by atoms with Crippen molar-refractivity contribution >= 4 is 26.6 Å². The highest BCUT2D eigenvalue weighted by Gasteiger charge is 2.30. The van der Waals surface area contributed by atoms with Crippen LogP contribution in [0.5, 0.6) is 0 Å². The molecule has 0 amide bonds. The molecule has 0 aliphatic heterocycles. The van der Waals surface area contributed by atoms with Crippen LogP contribution in [0.25, 0.3) is 0 Å². The van der Waals surface area contributed by atoms with Crippen LogP contribution in [0.15, 0.2) is 0 Å². The highest BCUT2D eigenvalue weighted by Crippen LogP contribution is 2.21. The molecule has 1 unspecified atom stereocenters. The molecular weight excluding hydrogens is 223 g/mol. The van der Waals surface area contributed by atoms with Gasteiger partial charge >= 0.3 is 26.6 Å². The van der Waals surface area contributed by atoms with E-state index in [1.807, 2.05) is 0 Å². The van der Waals surface area contributed by atoms with Crippen LogP contribution in [0.3, 0.4) is 0 Å². The van der Waals surface area contributed by atoms with Crippen LogP contribution >= 0.6 is 8.25 Å². The van der Waals surface area contributed by atoms with Gasteiger partial charge in [-0.25, -0.2) is 0 Å². The molecule has 0 aliphatic rings. The average Bonchev–Trinajstić information content (AvgIpc) is 1.56. The van der Waals surface area contributed by atoms with Gasteiger partial charge in [0.1, 0.15) is 0 Å². The molecule has 2 N–H and O–H groups in total. The van der Waals surface area contributed by atoms with Crippen LogP contribution in [0.2, 0.25) is 0 Å². The number of rotatable bonds is 3. The van der Waals surface area contributed by atoms with Gasteiger partial charge < -0.3 is 4.89 Å². The lowest BCUT2D eigenvalue weighted by atomic mass is 15.8. The summed E-state index contributed by atoms with van der Waals surface area (Å²) in [6.07, 6.45) is 0. The Bertz CT molecular complexity index is 342. The fourth-order valence-electron chi connectivity index (χ4n) is 0.130. The Morgan fingerprint density at radius 1 is 1.18 bits per heavy atom. The third kappa shape index (κ3) is 3.27. The number of hydrogen-bond donors (Lipinski definition) is 2. The molecule has 11 heteroatoms. The molecule has 0 rings (SSSR count). The second-order valence-corrected chi connectivity index (χ2v) is 6.54. The molecule has 0 aromatic carbocycles. The monoisotopic (exact) mass is 226 g/mol. The summed E-state index contributed by atoms with van der Waals surface area (Å²) in [4.78, 5) is 7.82. The normalized spacial score (nSPS) is 16.2. The maximum Gasteiger partial charge on any atom is 0.407 e. The molecule has 0 saturated carbocycles. The van der Waals surface area contributed by atoms with E-state index in [1.54, 1.807) is 0 Å². The van der Waals surface area contributed by atoms with E-state index in [2.05, 4.69) is 3.97 Å². The maximum atomic E-state index is 10.1. The predicted molar refractivity (Wildman–Crippen MR) is 32.8 cm³/mol. The minimum Gasteiger partial charge on any atom is -0.326 e. The zero-order valence-electron chi connectivity index (χ0n) is 4.66. The molecule has 0 spiro atoms. The van der Waals surface area contributed by atoms with Crippen molar-refractivity contribution < 1.29 is 34.8 Å². The van der Waals surface area contributed by atoms with Gasteiger partial charge in [-0.05, 0) is 0 Å². The zero-order chi connectivity index (χ0) is 9.28. The van der Waals surface area contributed by atoms with Crippen LogP contribution in [-0.2, 0) is 26.8 Å². The lowest BCUT2D eigenvalue weighted by Gasteiger charge is -1.95. The predicted octanol–water partition coefficient (Wildman–Crippen LogP) is -1.48. The molecule has 0 saturated heterocycles. The van der Waals surface area contributed by atoms with E-state index < -0.39 is 26.6 Å². The minimum atomic E-state index is -5.48. The largest absolute Gasteiger partial charge is 0.407 e. The van der Waals surface area contributed by atoms with Crippen LogP contribution in [0.4, 0.5) is 0 Å².